The molecule has 1 aliphatic rings. The van der Waals surface area contributed by atoms with Gasteiger partial charge in [-0.15, -0.1) is 0 Å². The number of hydrogen-bond donors (Lipinski definition) is 1. The number of anilines is 1. The van der Waals surface area contributed by atoms with Gasteiger partial charge in [0.05, 0.1) is 12.7 Å². The highest BCUT2D eigenvalue weighted by Gasteiger charge is 2.21. The van der Waals surface area contributed by atoms with E-state index in [1.54, 1.807) is 0 Å². The maximum absolute atomic E-state index is 12.4. The third-order valence-electron chi connectivity index (χ3n) is 4.66. The fourth-order valence-corrected chi connectivity index (χ4v) is 3.23. The van der Waals surface area contributed by atoms with Gasteiger partial charge in [0.15, 0.2) is 18.8 Å². The minimum absolute atomic E-state index is 0.0220. The molecule has 2 aromatic rings. The number of carbonyl (C=O) groups is 1. The highest BCUT2D eigenvalue weighted by Crippen LogP contribution is 2.23. The van der Waals surface area contributed by atoms with Gasteiger partial charge in [0.25, 0.3) is 6.43 Å². The minimum Gasteiger partial charge on any atom is -0.445 e. The lowest BCUT2D eigenvalue weighted by Gasteiger charge is -2.31. The number of amides is 1. The number of likely N-dealkylation sites (tertiary alicyclic amines) is 1. The minimum atomic E-state index is -2.26. The number of piperidine rings is 1. The van der Waals surface area contributed by atoms with Crippen LogP contribution in [0.1, 0.15) is 24.2 Å². The van der Waals surface area contributed by atoms with E-state index in [0.717, 1.165) is 32.4 Å². The van der Waals surface area contributed by atoms with E-state index in [-0.39, 0.29) is 13.2 Å². The molecular weight excluding hydrogens is 356 g/mol. The van der Waals surface area contributed by atoms with Crippen molar-refractivity contribution in [2.75, 3.05) is 25.0 Å². The second kappa shape index (κ2) is 9.45. The van der Waals surface area contributed by atoms with Crippen LogP contribution in [0.4, 0.5) is 19.3 Å². The molecule has 1 N–H and O–H groups in total. The van der Waals surface area contributed by atoms with Gasteiger partial charge in [0, 0.05) is 5.69 Å². The van der Waals surface area contributed by atoms with Crippen molar-refractivity contribution in [3.05, 3.63) is 48.2 Å². The lowest BCUT2D eigenvalue weighted by atomic mass is 9.90. The van der Waals surface area contributed by atoms with Gasteiger partial charge in [-0.2, -0.15) is 0 Å². The van der Waals surface area contributed by atoms with E-state index < -0.39 is 12.5 Å². The van der Waals surface area contributed by atoms with Crippen LogP contribution in [0.3, 0.4) is 0 Å². The van der Waals surface area contributed by atoms with Gasteiger partial charge in [-0.05, 0) is 56.0 Å². The molecule has 6 nitrogen and oxygen atoms in total. The van der Waals surface area contributed by atoms with E-state index in [1.807, 2.05) is 29.2 Å². The first-order chi connectivity index (χ1) is 13.1. The first-order valence-corrected chi connectivity index (χ1v) is 8.99. The summed E-state index contributed by atoms with van der Waals surface area (Å²) in [4.78, 5) is 17.3. The number of hydrogen-bond acceptors (Lipinski definition) is 5. The van der Waals surface area contributed by atoms with Gasteiger partial charge in [-0.25, -0.2) is 18.6 Å². The van der Waals surface area contributed by atoms with Crippen LogP contribution in [0.5, 0.6) is 0 Å². The number of alkyl halides is 2. The van der Waals surface area contributed by atoms with Crippen LogP contribution in [-0.4, -0.2) is 42.0 Å². The van der Waals surface area contributed by atoms with E-state index in [2.05, 4.69) is 10.3 Å². The van der Waals surface area contributed by atoms with Crippen molar-refractivity contribution in [1.29, 1.82) is 0 Å². The number of halogens is 2. The number of ether oxygens (including phenoxy) is 1. The molecule has 3 rings (SSSR count). The van der Waals surface area contributed by atoms with Gasteiger partial charge in [0.2, 0.25) is 0 Å². The zero-order valence-corrected chi connectivity index (χ0v) is 14.9. The quantitative estimate of drug-likeness (QED) is 0.789. The molecule has 0 atom stereocenters. The van der Waals surface area contributed by atoms with Crippen molar-refractivity contribution in [1.82, 2.24) is 9.88 Å². The number of oxazole rings is 1. The number of benzene rings is 1. The second-order valence-electron chi connectivity index (χ2n) is 6.70. The molecule has 1 fully saturated rings. The summed E-state index contributed by atoms with van der Waals surface area (Å²) in [5.74, 6) is 0.977. The van der Waals surface area contributed by atoms with Crippen LogP contribution in [0.15, 0.2) is 41.3 Å². The summed E-state index contributed by atoms with van der Waals surface area (Å²) in [7, 11) is 0. The van der Waals surface area contributed by atoms with E-state index in [4.69, 9.17) is 9.15 Å². The Morgan fingerprint density at radius 1 is 1.30 bits per heavy atom. The molecule has 0 spiro atoms. The molecule has 146 valence electrons. The molecule has 1 amide bonds. The largest absolute Gasteiger partial charge is 0.445 e. The summed E-state index contributed by atoms with van der Waals surface area (Å²) in [6.45, 7) is 1.35. The van der Waals surface area contributed by atoms with Crippen molar-refractivity contribution in [2.45, 2.75) is 32.3 Å². The average Bonchev–Trinajstić information content (AvgIpc) is 3.16. The van der Waals surface area contributed by atoms with Gasteiger partial charge in [0.1, 0.15) is 0 Å². The molecule has 27 heavy (non-hydrogen) atoms. The van der Waals surface area contributed by atoms with Crippen LogP contribution in [0, 0.1) is 5.92 Å². The highest BCUT2D eigenvalue weighted by molar-refractivity contribution is 5.84. The smallest absolute Gasteiger partial charge is 0.412 e. The molecule has 8 heteroatoms. The zero-order chi connectivity index (χ0) is 19.1. The molecule has 0 bridgehead atoms. The maximum Gasteiger partial charge on any atom is 0.412 e. The summed E-state index contributed by atoms with van der Waals surface area (Å²) < 4.78 is 34.9. The third kappa shape index (κ3) is 6.32. The monoisotopic (exact) mass is 379 g/mol. The van der Waals surface area contributed by atoms with Crippen molar-refractivity contribution in [3.8, 4) is 0 Å². The Hall–Kier alpha value is -2.48. The normalized spacial score (nSPS) is 15.8. The molecule has 2 heterocycles. The number of nitrogens with zero attached hydrogens (tertiary/aromatic N) is 2. The molecule has 1 saturated heterocycles. The molecule has 0 radical (unpaired) electrons. The number of carbonyl (C=O) groups excluding carboxylic acids is 1. The summed E-state index contributed by atoms with van der Waals surface area (Å²) in [6, 6.07) is 7.60. The van der Waals surface area contributed by atoms with Gasteiger partial charge in [-0.1, -0.05) is 12.1 Å². The second-order valence-corrected chi connectivity index (χ2v) is 6.70. The van der Waals surface area contributed by atoms with Crippen LogP contribution in [0.25, 0.3) is 0 Å². The molecule has 0 aliphatic carbocycles. The standard InChI is InChI=1S/C19H23F2N3O3/c20-18(21)11-24-7-5-15(6-8-24)9-14-1-3-16(4-2-14)23-19(25)26-12-17-10-22-13-27-17/h1-4,10,13,15,18H,5-9,11-12H2,(H,23,25). The topological polar surface area (TPSA) is 67.6 Å². The predicted molar refractivity (Wildman–Crippen MR) is 95.6 cm³/mol. The zero-order valence-electron chi connectivity index (χ0n) is 14.9. The van der Waals surface area contributed by atoms with Gasteiger partial charge < -0.3 is 9.15 Å². The van der Waals surface area contributed by atoms with Crippen molar-refractivity contribution < 1.29 is 22.7 Å². The summed E-state index contributed by atoms with van der Waals surface area (Å²) in [5, 5.41) is 2.66. The fraction of sp³-hybridized carbons (Fsp3) is 0.474. The Morgan fingerprint density at radius 3 is 2.67 bits per heavy atom. The molecule has 0 saturated carbocycles. The fourth-order valence-electron chi connectivity index (χ4n) is 3.23. The van der Waals surface area contributed by atoms with Crippen molar-refractivity contribution >= 4 is 11.8 Å². The summed E-state index contributed by atoms with van der Waals surface area (Å²) >= 11 is 0. The van der Waals surface area contributed by atoms with E-state index in [9.17, 15) is 13.6 Å². The molecule has 1 aromatic carbocycles. The predicted octanol–water partition coefficient (Wildman–Crippen LogP) is 3.94. The Labute approximate surface area is 156 Å². The maximum atomic E-state index is 12.4. The lowest BCUT2D eigenvalue weighted by molar-refractivity contribution is 0.0691. The van der Waals surface area contributed by atoms with Crippen molar-refractivity contribution in [2.24, 2.45) is 5.92 Å². The molecular formula is C19H23F2N3O3. The number of aromatic nitrogens is 1. The average molecular weight is 379 g/mol. The first kappa shape index (κ1) is 19.3. The highest BCUT2D eigenvalue weighted by atomic mass is 19.3. The van der Waals surface area contributed by atoms with Gasteiger partial charge >= 0.3 is 6.09 Å². The van der Waals surface area contributed by atoms with E-state index in [0.29, 0.717) is 17.4 Å². The molecule has 0 unspecified atom stereocenters. The summed E-state index contributed by atoms with van der Waals surface area (Å²) in [5.41, 5.74) is 1.82. The Morgan fingerprint density at radius 2 is 2.04 bits per heavy atom. The van der Waals surface area contributed by atoms with Crippen molar-refractivity contribution in [3.63, 3.8) is 0 Å². The van der Waals surface area contributed by atoms with Crippen LogP contribution >= 0.6 is 0 Å². The Kier molecular flexibility index (Phi) is 6.75. The lowest BCUT2D eigenvalue weighted by Crippen LogP contribution is -2.37. The molecule has 1 aliphatic heterocycles. The third-order valence-corrected chi connectivity index (χ3v) is 4.66. The van der Waals surface area contributed by atoms with Crippen LogP contribution in [-0.2, 0) is 17.8 Å². The van der Waals surface area contributed by atoms with E-state index in [1.165, 1.54) is 18.2 Å². The SMILES string of the molecule is O=C(Nc1ccc(CC2CCN(CC(F)F)CC2)cc1)OCc1cnco1. The van der Waals surface area contributed by atoms with Crippen LogP contribution < -0.4 is 5.32 Å². The summed E-state index contributed by atoms with van der Waals surface area (Å²) in [6.07, 6.45) is 2.72. The Bertz CT molecular complexity index is 699. The first-order valence-electron chi connectivity index (χ1n) is 8.99. The van der Waals surface area contributed by atoms with Gasteiger partial charge in [-0.3, -0.25) is 10.2 Å². The number of nitrogens with one attached hydrogen (secondary N) is 1. The Balaban J connectivity index is 1.40. The number of rotatable bonds is 7. The molecule has 1 aromatic heterocycles. The van der Waals surface area contributed by atoms with Crippen LogP contribution in [0.2, 0.25) is 0 Å². The van der Waals surface area contributed by atoms with E-state index >= 15 is 0 Å².